The van der Waals surface area contributed by atoms with E-state index in [-0.39, 0.29) is 29.7 Å². The summed E-state index contributed by atoms with van der Waals surface area (Å²) in [6.07, 6.45) is 2.07. The van der Waals surface area contributed by atoms with Crippen LogP contribution in [0.2, 0.25) is 0 Å². The van der Waals surface area contributed by atoms with E-state index in [4.69, 9.17) is 4.98 Å². The molecule has 10 heteroatoms. The van der Waals surface area contributed by atoms with Gasteiger partial charge >= 0.3 is 0 Å². The molecule has 3 atom stereocenters. The summed E-state index contributed by atoms with van der Waals surface area (Å²) in [6, 6.07) is 5.16. The maximum absolute atomic E-state index is 13.4. The summed E-state index contributed by atoms with van der Waals surface area (Å²) >= 11 is 3.47. The van der Waals surface area contributed by atoms with Crippen molar-refractivity contribution < 1.29 is 14.4 Å². The van der Waals surface area contributed by atoms with Crippen LogP contribution in [-0.2, 0) is 27.2 Å². The number of carbonyl (C=O) groups is 3. The summed E-state index contributed by atoms with van der Waals surface area (Å²) in [6.45, 7) is 14.4. The van der Waals surface area contributed by atoms with Crippen molar-refractivity contribution in [2.45, 2.75) is 59.0 Å². The minimum atomic E-state index is -0.757. The molecule has 0 radical (unpaired) electrons. The van der Waals surface area contributed by atoms with Gasteiger partial charge in [0.15, 0.2) is 0 Å². The number of carbonyl (C=O) groups excluding carboxylic acids is 3. The van der Waals surface area contributed by atoms with Gasteiger partial charge in [-0.25, -0.2) is 4.98 Å². The molecule has 1 aliphatic heterocycles. The van der Waals surface area contributed by atoms with E-state index in [9.17, 15) is 14.4 Å². The first-order valence-corrected chi connectivity index (χ1v) is 15.4. The first-order chi connectivity index (χ1) is 18.2. The number of hydrogen-bond donors (Lipinski definition) is 3. The number of hydrogen-bond acceptors (Lipinski definition) is 7. The largest absolute Gasteiger partial charge is 0.350 e. The minimum Gasteiger partial charge on any atom is -0.350 e. The second-order valence-electron chi connectivity index (χ2n) is 9.92. The first-order valence-electron chi connectivity index (χ1n) is 13.4. The SMILES string of the molecule is C=C(CN1CCSCC1)C(=O)NC[C@@H](NC(=O)[C@H](Cc1nc2ccc(CC)cc2s1)NC(C)=O)[C@@H](C)CC. The monoisotopic (exact) mass is 559 g/mol. The average Bonchev–Trinajstić information content (AvgIpc) is 3.31. The van der Waals surface area contributed by atoms with Gasteiger partial charge in [0.1, 0.15) is 6.04 Å². The van der Waals surface area contributed by atoms with E-state index in [1.807, 2.05) is 24.8 Å². The molecule has 2 aromatic rings. The van der Waals surface area contributed by atoms with Crippen molar-refractivity contribution in [2.24, 2.45) is 5.92 Å². The van der Waals surface area contributed by atoms with Gasteiger partial charge in [0.05, 0.1) is 15.2 Å². The number of benzene rings is 1. The Balaban J connectivity index is 1.63. The molecule has 0 unspecified atom stereocenters. The van der Waals surface area contributed by atoms with E-state index < -0.39 is 6.04 Å². The zero-order valence-electron chi connectivity index (χ0n) is 23.0. The Morgan fingerprint density at radius 3 is 2.55 bits per heavy atom. The third-order valence-corrected chi connectivity index (χ3v) is 8.94. The van der Waals surface area contributed by atoms with Crippen molar-refractivity contribution in [2.75, 3.05) is 37.7 Å². The molecule has 38 heavy (non-hydrogen) atoms. The number of thioether (sulfide) groups is 1. The Labute approximate surface area is 234 Å². The molecule has 2 heterocycles. The van der Waals surface area contributed by atoms with Crippen LogP contribution >= 0.6 is 23.1 Å². The number of thiazole rings is 1. The van der Waals surface area contributed by atoms with Gasteiger partial charge in [0.2, 0.25) is 17.7 Å². The second-order valence-corrected chi connectivity index (χ2v) is 12.3. The topological polar surface area (TPSA) is 103 Å². The van der Waals surface area contributed by atoms with E-state index in [1.165, 1.54) is 12.5 Å². The van der Waals surface area contributed by atoms with E-state index >= 15 is 0 Å². The second kappa shape index (κ2) is 14.6. The highest BCUT2D eigenvalue weighted by atomic mass is 32.2. The maximum Gasteiger partial charge on any atom is 0.247 e. The fourth-order valence-corrected chi connectivity index (χ4v) is 6.40. The molecule has 1 aromatic carbocycles. The number of aromatic nitrogens is 1. The van der Waals surface area contributed by atoms with Gasteiger partial charge in [0, 0.05) is 62.6 Å². The van der Waals surface area contributed by atoms with Gasteiger partial charge in [0.25, 0.3) is 0 Å². The van der Waals surface area contributed by atoms with E-state index in [2.05, 4.69) is 53.4 Å². The number of nitrogens with one attached hydrogen (secondary N) is 3. The lowest BCUT2D eigenvalue weighted by atomic mass is 9.98. The lowest BCUT2D eigenvalue weighted by molar-refractivity contribution is -0.128. The van der Waals surface area contributed by atoms with Gasteiger partial charge in [-0.15, -0.1) is 11.3 Å². The molecule has 0 bridgehead atoms. The molecule has 1 fully saturated rings. The zero-order chi connectivity index (χ0) is 27.7. The fourth-order valence-electron chi connectivity index (χ4n) is 4.34. The van der Waals surface area contributed by atoms with Crippen LogP contribution in [0.5, 0.6) is 0 Å². The molecule has 0 spiro atoms. The summed E-state index contributed by atoms with van der Waals surface area (Å²) in [7, 11) is 0. The molecule has 0 aliphatic carbocycles. The van der Waals surface area contributed by atoms with Crippen molar-refractivity contribution in [1.82, 2.24) is 25.8 Å². The highest BCUT2D eigenvalue weighted by molar-refractivity contribution is 7.99. The molecule has 1 aromatic heterocycles. The molecule has 1 aliphatic rings. The van der Waals surface area contributed by atoms with Crippen LogP contribution in [-0.4, -0.2) is 77.4 Å². The van der Waals surface area contributed by atoms with Gasteiger partial charge in [-0.1, -0.05) is 39.8 Å². The Bertz CT molecular complexity index is 1130. The molecular weight excluding hydrogens is 518 g/mol. The highest BCUT2D eigenvalue weighted by Crippen LogP contribution is 2.24. The Hall–Kier alpha value is -2.43. The smallest absolute Gasteiger partial charge is 0.247 e. The summed E-state index contributed by atoms with van der Waals surface area (Å²) in [5.41, 5.74) is 2.66. The van der Waals surface area contributed by atoms with Crippen molar-refractivity contribution in [1.29, 1.82) is 0 Å². The normalized spacial score (nSPS) is 16.4. The quantitative estimate of drug-likeness (QED) is 0.326. The van der Waals surface area contributed by atoms with E-state index in [1.54, 1.807) is 11.3 Å². The summed E-state index contributed by atoms with van der Waals surface area (Å²) in [4.78, 5) is 45.0. The molecule has 0 saturated carbocycles. The zero-order valence-corrected chi connectivity index (χ0v) is 24.6. The van der Waals surface area contributed by atoms with Crippen LogP contribution < -0.4 is 16.0 Å². The molecule has 3 N–H and O–H groups in total. The van der Waals surface area contributed by atoms with E-state index in [0.29, 0.717) is 25.1 Å². The number of nitrogens with zero attached hydrogens (tertiary/aromatic N) is 2. The fraction of sp³-hybridized carbons (Fsp3) is 0.571. The third kappa shape index (κ3) is 8.81. The van der Waals surface area contributed by atoms with Crippen LogP contribution in [0.15, 0.2) is 30.4 Å². The van der Waals surface area contributed by atoms with Gasteiger partial charge in [-0.2, -0.15) is 11.8 Å². The molecule has 3 rings (SSSR count). The predicted molar refractivity (Wildman–Crippen MR) is 158 cm³/mol. The average molecular weight is 560 g/mol. The van der Waals surface area contributed by atoms with Crippen molar-refractivity contribution >= 4 is 51.0 Å². The highest BCUT2D eigenvalue weighted by Gasteiger charge is 2.27. The number of fused-ring (bicyclic) bond motifs is 1. The third-order valence-electron chi connectivity index (χ3n) is 6.96. The van der Waals surface area contributed by atoms with Crippen molar-refractivity contribution in [3.63, 3.8) is 0 Å². The molecule has 3 amide bonds. The van der Waals surface area contributed by atoms with Gasteiger partial charge in [-0.3, -0.25) is 19.3 Å². The molecule has 1 saturated heterocycles. The van der Waals surface area contributed by atoms with Crippen molar-refractivity contribution in [3.8, 4) is 0 Å². The molecule has 208 valence electrons. The van der Waals surface area contributed by atoms with Crippen LogP contribution in [0.25, 0.3) is 10.2 Å². The lowest BCUT2D eigenvalue weighted by Gasteiger charge is -2.28. The Morgan fingerprint density at radius 2 is 1.89 bits per heavy atom. The minimum absolute atomic E-state index is 0.125. The number of rotatable bonds is 13. The van der Waals surface area contributed by atoms with Crippen LogP contribution in [0.1, 0.15) is 44.7 Å². The van der Waals surface area contributed by atoms with Crippen LogP contribution in [0.4, 0.5) is 0 Å². The predicted octanol–water partition coefficient (Wildman–Crippen LogP) is 3.16. The summed E-state index contributed by atoms with van der Waals surface area (Å²) in [5, 5.41) is 9.64. The number of aryl methyl sites for hydroxylation is 1. The van der Waals surface area contributed by atoms with E-state index in [0.717, 1.165) is 52.7 Å². The molecule has 8 nitrogen and oxygen atoms in total. The maximum atomic E-state index is 13.4. The Morgan fingerprint density at radius 1 is 1.16 bits per heavy atom. The van der Waals surface area contributed by atoms with Gasteiger partial charge < -0.3 is 16.0 Å². The summed E-state index contributed by atoms with van der Waals surface area (Å²) in [5.74, 6) is 1.52. The molecular formula is C28H41N5O3S2. The lowest BCUT2D eigenvalue weighted by Crippen LogP contribution is -2.54. The van der Waals surface area contributed by atoms with Crippen LogP contribution in [0, 0.1) is 5.92 Å². The Kier molecular flexibility index (Phi) is 11.6. The first kappa shape index (κ1) is 30.1. The van der Waals surface area contributed by atoms with Crippen molar-refractivity contribution in [3.05, 3.63) is 40.9 Å². The van der Waals surface area contributed by atoms with Crippen LogP contribution in [0.3, 0.4) is 0 Å². The standard InChI is InChI=1S/C28H41N5O3S2/c1-6-18(3)24(16-29-27(35)19(4)17-33-10-12-37-13-11-33)32-28(36)23(30-20(5)34)15-26-31-22-9-8-21(7-2)14-25(22)38-26/h8-9,14,18,23-24H,4,6-7,10-13,15-17H2,1-3,5H3,(H,29,35)(H,30,34)(H,32,36)/t18-,23-,24+/m0/s1. The summed E-state index contributed by atoms with van der Waals surface area (Å²) < 4.78 is 1.07. The number of amides is 3. The van der Waals surface area contributed by atoms with Gasteiger partial charge in [-0.05, 0) is 30.0 Å².